The molecule has 0 saturated carbocycles. The number of amides is 1. The van der Waals surface area contributed by atoms with Gasteiger partial charge in [-0.15, -0.1) is 5.10 Å². The lowest BCUT2D eigenvalue weighted by Gasteiger charge is -2.34. The van der Waals surface area contributed by atoms with Crippen LogP contribution in [-0.2, 0) is 11.2 Å². The van der Waals surface area contributed by atoms with Gasteiger partial charge in [-0.05, 0) is 37.5 Å². The number of hydrogen-bond acceptors (Lipinski definition) is 5. The highest BCUT2D eigenvalue weighted by Gasteiger charge is 2.25. The van der Waals surface area contributed by atoms with E-state index in [4.69, 9.17) is 0 Å². The van der Waals surface area contributed by atoms with Crippen LogP contribution in [0.2, 0.25) is 0 Å². The van der Waals surface area contributed by atoms with Crippen molar-refractivity contribution in [3.63, 3.8) is 0 Å². The number of nitrogens with one attached hydrogen (secondary N) is 1. The van der Waals surface area contributed by atoms with Crippen molar-refractivity contribution < 1.29 is 9.90 Å². The number of nitrogens with zero attached hydrogens (tertiary/aromatic N) is 3. The molecule has 1 aliphatic heterocycles. The Labute approximate surface area is 147 Å². The molecule has 2 N–H and O–H groups in total. The van der Waals surface area contributed by atoms with Crippen LogP contribution in [0.15, 0.2) is 42.5 Å². The van der Waals surface area contributed by atoms with Gasteiger partial charge in [0, 0.05) is 25.6 Å². The van der Waals surface area contributed by atoms with Crippen molar-refractivity contribution >= 4 is 11.7 Å². The molecular formula is C19H24N4O2. The van der Waals surface area contributed by atoms with E-state index in [1.54, 1.807) is 0 Å². The van der Waals surface area contributed by atoms with Crippen molar-refractivity contribution in [3.05, 3.63) is 53.7 Å². The van der Waals surface area contributed by atoms with Crippen LogP contribution in [0.5, 0.6) is 0 Å². The Morgan fingerprint density at radius 2 is 2.08 bits per heavy atom. The van der Waals surface area contributed by atoms with Crippen molar-refractivity contribution in [2.75, 3.05) is 18.0 Å². The summed E-state index contributed by atoms with van der Waals surface area (Å²) in [5.74, 6) is 0.514. The number of piperidine rings is 1. The first-order valence-corrected chi connectivity index (χ1v) is 8.69. The molecule has 0 radical (unpaired) electrons. The van der Waals surface area contributed by atoms with Crippen LogP contribution >= 0.6 is 0 Å². The lowest BCUT2D eigenvalue weighted by atomic mass is 10.0. The van der Waals surface area contributed by atoms with E-state index in [0.29, 0.717) is 13.0 Å². The Bertz CT molecular complexity index is 690. The Kier molecular flexibility index (Phi) is 5.60. The van der Waals surface area contributed by atoms with E-state index >= 15 is 0 Å². The average molecular weight is 340 g/mol. The smallest absolute Gasteiger partial charge is 0.249 e. The molecule has 6 heteroatoms. The summed E-state index contributed by atoms with van der Waals surface area (Å²) in [7, 11) is 0. The molecule has 0 bridgehead atoms. The molecule has 0 unspecified atom stereocenters. The zero-order chi connectivity index (χ0) is 17.6. The van der Waals surface area contributed by atoms with Gasteiger partial charge >= 0.3 is 0 Å². The van der Waals surface area contributed by atoms with Gasteiger partial charge in [0.05, 0.1) is 5.69 Å². The van der Waals surface area contributed by atoms with Crippen LogP contribution in [0, 0.1) is 6.92 Å². The van der Waals surface area contributed by atoms with Gasteiger partial charge in [0.1, 0.15) is 6.10 Å². The lowest BCUT2D eigenvalue weighted by molar-refractivity contribution is -0.130. The van der Waals surface area contributed by atoms with Crippen LogP contribution in [0.3, 0.4) is 0 Å². The molecule has 0 spiro atoms. The third-order valence-corrected chi connectivity index (χ3v) is 4.45. The lowest BCUT2D eigenvalue weighted by Crippen LogP contribution is -2.50. The van der Waals surface area contributed by atoms with Crippen molar-refractivity contribution in [1.82, 2.24) is 15.5 Å². The van der Waals surface area contributed by atoms with E-state index in [-0.39, 0.29) is 11.9 Å². The van der Waals surface area contributed by atoms with Crippen LogP contribution in [-0.4, -0.2) is 46.4 Å². The molecule has 1 aliphatic rings. The number of aryl methyl sites for hydroxylation is 1. The van der Waals surface area contributed by atoms with Gasteiger partial charge in [-0.25, -0.2) is 0 Å². The van der Waals surface area contributed by atoms with Crippen LogP contribution in [0.4, 0.5) is 5.82 Å². The summed E-state index contributed by atoms with van der Waals surface area (Å²) in [4.78, 5) is 14.4. The first kappa shape index (κ1) is 17.4. The Morgan fingerprint density at radius 1 is 1.28 bits per heavy atom. The number of benzene rings is 1. The molecule has 2 aromatic rings. The predicted molar refractivity (Wildman–Crippen MR) is 96.3 cm³/mol. The normalized spacial score (nSPS) is 18.6. The first-order valence-electron chi connectivity index (χ1n) is 8.69. The minimum atomic E-state index is -1.03. The summed E-state index contributed by atoms with van der Waals surface area (Å²) in [6.45, 7) is 3.49. The summed E-state index contributed by atoms with van der Waals surface area (Å²) >= 11 is 0. The molecule has 1 saturated heterocycles. The van der Waals surface area contributed by atoms with Crippen LogP contribution in [0.25, 0.3) is 0 Å². The van der Waals surface area contributed by atoms with Gasteiger partial charge < -0.3 is 15.3 Å². The summed E-state index contributed by atoms with van der Waals surface area (Å²) in [5, 5.41) is 21.5. The Balaban J connectivity index is 1.54. The molecule has 2 atom stereocenters. The minimum absolute atomic E-state index is 0.00905. The summed E-state index contributed by atoms with van der Waals surface area (Å²) < 4.78 is 0. The molecule has 1 amide bonds. The summed E-state index contributed by atoms with van der Waals surface area (Å²) in [6, 6.07) is 13.5. The molecule has 1 fully saturated rings. The highest BCUT2D eigenvalue weighted by atomic mass is 16.3. The second-order valence-electron chi connectivity index (χ2n) is 6.53. The number of hydrogen-bond donors (Lipinski definition) is 2. The van der Waals surface area contributed by atoms with E-state index in [0.717, 1.165) is 36.5 Å². The number of aliphatic hydroxyl groups excluding tert-OH is 1. The largest absolute Gasteiger partial charge is 0.383 e. The zero-order valence-corrected chi connectivity index (χ0v) is 14.4. The van der Waals surface area contributed by atoms with E-state index < -0.39 is 6.10 Å². The predicted octanol–water partition coefficient (Wildman–Crippen LogP) is 1.47. The fourth-order valence-electron chi connectivity index (χ4n) is 3.09. The standard InChI is InChI=1S/C19H24N4O2/c1-14-9-10-18(22-21-14)23-11-5-8-16(13-23)20-19(25)17(24)12-15-6-3-2-4-7-15/h2-4,6-7,9-10,16-17,24H,5,8,11-13H2,1H3,(H,20,25)/t16-,17+/m1/s1. The van der Waals surface area contributed by atoms with Crippen molar-refractivity contribution in [2.45, 2.75) is 38.3 Å². The molecule has 6 nitrogen and oxygen atoms in total. The highest BCUT2D eigenvalue weighted by Crippen LogP contribution is 2.17. The van der Waals surface area contributed by atoms with Crippen molar-refractivity contribution in [2.24, 2.45) is 0 Å². The molecule has 0 aliphatic carbocycles. The van der Waals surface area contributed by atoms with Crippen LogP contribution in [0.1, 0.15) is 24.1 Å². The second-order valence-corrected chi connectivity index (χ2v) is 6.53. The molecule has 2 heterocycles. The number of anilines is 1. The summed E-state index contributed by atoms with van der Waals surface area (Å²) in [5.41, 5.74) is 1.83. The van der Waals surface area contributed by atoms with Gasteiger partial charge in [0.2, 0.25) is 5.91 Å². The van der Waals surface area contributed by atoms with E-state index in [1.165, 1.54) is 0 Å². The third-order valence-electron chi connectivity index (χ3n) is 4.45. The van der Waals surface area contributed by atoms with Gasteiger partial charge in [0.25, 0.3) is 0 Å². The highest BCUT2D eigenvalue weighted by molar-refractivity contribution is 5.81. The average Bonchev–Trinajstić information content (AvgIpc) is 2.63. The van der Waals surface area contributed by atoms with Gasteiger partial charge in [-0.1, -0.05) is 30.3 Å². The Hall–Kier alpha value is -2.47. The van der Waals surface area contributed by atoms with E-state index in [1.807, 2.05) is 49.4 Å². The maximum absolute atomic E-state index is 12.3. The molecular weight excluding hydrogens is 316 g/mol. The molecule has 25 heavy (non-hydrogen) atoms. The SMILES string of the molecule is Cc1ccc(N2CCC[C@@H](NC(=O)[C@@H](O)Cc3ccccc3)C2)nn1. The molecule has 1 aromatic carbocycles. The maximum atomic E-state index is 12.3. The van der Waals surface area contributed by atoms with Gasteiger partial charge in [0.15, 0.2) is 5.82 Å². The minimum Gasteiger partial charge on any atom is -0.383 e. The fraction of sp³-hybridized carbons (Fsp3) is 0.421. The fourth-order valence-corrected chi connectivity index (χ4v) is 3.09. The zero-order valence-electron chi connectivity index (χ0n) is 14.4. The molecule has 3 rings (SSSR count). The second kappa shape index (κ2) is 8.07. The number of carbonyl (C=O) groups is 1. The monoisotopic (exact) mass is 340 g/mol. The third kappa shape index (κ3) is 4.76. The molecule has 132 valence electrons. The van der Waals surface area contributed by atoms with E-state index in [9.17, 15) is 9.90 Å². The topological polar surface area (TPSA) is 78.4 Å². The van der Waals surface area contributed by atoms with Crippen molar-refractivity contribution in [3.8, 4) is 0 Å². The maximum Gasteiger partial charge on any atom is 0.249 e. The number of rotatable bonds is 5. The van der Waals surface area contributed by atoms with Crippen LogP contribution < -0.4 is 10.2 Å². The quantitative estimate of drug-likeness (QED) is 0.862. The number of aliphatic hydroxyl groups is 1. The van der Waals surface area contributed by atoms with E-state index in [2.05, 4.69) is 20.4 Å². The van der Waals surface area contributed by atoms with Gasteiger partial charge in [-0.3, -0.25) is 4.79 Å². The number of carbonyl (C=O) groups excluding carboxylic acids is 1. The Morgan fingerprint density at radius 3 is 2.80 bits per heavy atom. The number of aromatic nitrogens is 2. The first-order chi connectivity index (χ1) is 12.1. The van der Waals surface area contributed by atoms with Crippen molar-refractivity contribution in [1.29, 1.82) is 0 Å². The summed E-state index contributed by atoms with van der Waals surface area (Å²) in [6.07, 6.45) is 1.17. The van der Waals surface area contributed by atoms with Gasteiger partial charge in [-0.2, -0.15) is 5.10 Å². The molecule has 1 aromatic heterocycles.